The number of halogens is 2. The Morgan fingerprint density at radius 3 is 2.62 bits per heavy atom. The van der Waals surface area contributed by atoms with Crippen LogP contribution in [0.2, 0.25) is 0 Å². The highest BCUT2D eigenvalue weighted by atomic mass is 32.3. The zero-order chi connectivity index (χ0) is 28.8. The molecule has 3 aromatic heterocycles. The highest BCUT2D eigenvalue weighted by Gasteiger charge is 2.27. The van der Waals surface area contributed by atoms with E-state index in [1.54, 1.807) is 47.0 Å². The molecule has 5 rings (SSSR count). The molecule has 0 saturated carbocycles. The van der Waals surface area contributed by atoms with Gasteiger partial charge in [-0.2, -0.15) is 5.10 Å². The Labute approximate surface area is 233 Å². The number of carboxylic acid groups (broad SMARTS) is 1. The minimum absolute atomic E-state index is 0.0666. The van der Waals surface area contributed by atoms with E-state index in [-0.39, 0.29) is 17.9 Å². The minimum Gasteiger partial charge on any atom is -0.478 e. The summed E-state index contributed by atoms with van der Waals surface area (Å²) in [6.07, 6.45) is 10.5. The molecule has 0 aliphatic carbocycles. The number of fused-ring (bicyclic) bond motifs is 2. The second kappa shape index (κ2) is 10.9. The number of carboxylic acids is 1. The molecule has 214 valence electrons. The fourth-order valence-corrected chi connectivity index (χ4v) is 5.89. The van der Waals surface area contributed by atoms with Crippen molar-refractivity contribution in [2.24, 2.45) is 7.05 Å². The molecule has 1 aliphatic rings. The van der Waals surface area contributed by atoms with Crippen molar-refractivity contribution in [1.29, 1.82) is 0 Å². The van der Waals surface area contributed by atoms with Gasteiger partial charge in [-0.25, -0.2) is 28.6 Å². The smallest absolute Gasteiger partial charge is 0.337 e. The summed E-state index contributed by atoms with van der Waals surface area (Å²) >= 11 is 0. The van der Waals surface area contributed by atoms with Crippen molar-refractivity contribution in [3.8, 4) is 11.1 Å². The van der Waals surface area contributed by atoms with Crippen LogP contribution in [0.4, 0.5) is 20.3 Å². The molecule has 0 atom stereocenters. The lowest BCUT2D eigenvalue weighted by Crippen LogP contribution is -2.26. The molecule has 0 bridgehead atoms. The lowest BCUT2D eigenvalue weighted by molar-refractivity contribution is 0.0696. The average Bonchev–Trinajstić information content (AvgIpc) is 3.48. The molecule has 40 heavy (non-hydrogen) atoms. The molecule has 0 amide bonds. The van der Waals surface area contributed by atoms with Gasteiger partial charge in [0.05, 0.1) is 29.6 Å². The van der Waals surface area contributed by atoms with E-state index >= 15 is 0 Å². The van der Waals surface area contributed by atoms with E-state index in [2.05, 4.69) is 23.9 Å². The predicted octanol–water partition coefficient (Wildman–Crippen LogP) is 6.13. The Morgan fingerprint density at radius 1 is 1.20 bits per heavy atom. The maximum atomic E-state index is 14.3. The number of aromatic carboxylic acids is 1. The summed E-state index contributed by atoms with van der Waals surface area (Å²) in [5, 5.41) is 14.7. The molecule has 0 radical (unpaired) electrons. The first-order chi connectivity index (χ1) is 18.9. The number of alkyl halides is 2. The fraction of sp³-hybridized carbons (Fsp3) is 0.414. The van der Waals surface area contributed by atoms with Crippen molar-refractivity contribution in [2.45, 2.75) is 32.9 Å². The Morgan fingerprint density at radius 2 is 1.98 bits per heavy atom. The van der Waals surface area contributed by atoms with Crippen LogP contribution in [0, 0.1) is 6.92 Å². The summed E-state index contributed by atoms with van der Waals surface area (Å²) in [5.74, 6) is 0.453. The average molecular weight is 572 g/mol. The van der Waals surface area contributed by atoms with Gasteiger partial charge in [-0.1, -0.05) is 0 Å². The van der Waals surface area contributed by atoms with Crippen LogP contribution in [0.5, 0.6) is 0 Å². The standard InChI is InChI=1S/C29H35F2N5O3S/c1-18-27-22(24(29(37)38)16-35(27)17-39-9-10-40(3,4)5)13-26(33-18)36-8-6-7-19-11-21(20-14-32-34(2)15-20)23(28(30)31)12-25(19)36/h11-16,28H,6-10,17H2,1-5H3,(H,37,38). The van der Waals surface area contributed by atoms with Gasteiger partial charge in [0, 0.05) is 53.9 Å². The number of pyridine rings is 1. The van der Waals surface area contributed by atoms with Gasteiger partial charge in [-0.15, -0.1) is 0 Å². The molecule has 1 aromatic carbocycles. The summed E-state index contributed by atoms with van der Waals surface area (Å²) in [7, 11) is 1.05. The lowest BCUT2D eigenvalue weighted by Gasteiger charge is -2.32. The van der Waals surface area contributed by atoms with Gasteiger partial charge < -0.3 is 19.3 Å². The third-order valence-corrected chi connectivity index (χ3v) is 8.61. The number of nitrogens with zero attached hydrogens (tertiary/aromatic N) is 5. The third-order valence-electron chi connectivity index (χ3n) is 7.21. The van der Waals surface area contributed by atoms with Crippen molar-refractivity contribution in [1.82, 2.24) is 19.3 Å². The first-order valence-electron chi connectivity index (χ1n) is 13.1. The van der Waals surface area contributed by atoms with Crippen molar-refractivity contribution in [3.05, 3.63) is 59.2 Å². The van der Waals surface area contributed by atoms with Crippen molar-refractivity contribution in [2.75, 3.05) is 42.6 Å². The number of carbonyl (C=O) groups is 1. The zero-order valence-electron chi connectivity index (χ0n) is 23.4. The molecule has 4 aromatic rings. The Bertz CT molecular complexity index is 1570. The van der Waals surface area contributed by atoms with Gasteiger partial charge in [0.25, 0.3) is 6.43 Å². The van der Waals surface area contributed by atoms with Crippen molar-refractivity contribution in [3.63, 3.8) is 0 Å². The number of anilines is 2. The molecule has 1 N–H and O–H groups in total. The Hall–Kier alpha value is -3.44. The van der Waals surface area contributed by atoms with Crippen molar-refractivity contribution < 1.29 is 23.4 Å². The normalized spacial score (nSPS) is 14.2. The number of hydrogen-bond acceptors (Lipinski definition) is 5. The monoisotopic (exact) mass is 571 g/mol. The maximum absolute atomic E-state index is 14.3. The topological polar surface area (TPSA) is 85.4 Å². The third kappa shape index (κ3) is 5.57. The van der Waals surface area contributed by atoms with Gasteiger partial charge in [-0.3, -0.25) is 4.68 Å². The molecule has 0 spiro atoms. The van der Waals surface area contributed by atoms with Crippen LogP contribution < -0.4 is 4.90 Å². The van der Waals surface area contributed by atoms with E-state index in [9.17, 15) is 18.7 Å². The van der Waals surface area contributed by atoms with Gasteiger partial charge >= 0.3 is 5.97 Å². The van der Waals surface area contributed by atoms with E-state index in [0.29, 0.717) is 52.4 Å². The molecule has 8 nitrogen and oxygen atoms in total. The molecular weight excluding hydrogens is 536 g/mol. The van der Waals surface area contributed by atoms with Gasteiger partial charge in [-0.05, 0) is 67.9 Å². The van der Waals surface area contributed by atoms with Crippen LogP contribution in [-0.2, 0) is 24.9 Å². The first kappa shape index (κ1) is 28.1. The number of aromatic nitrogens is 4. The Kier molecular flexibility index (Phi) is 7.62. The minimum atomic E-state index is -2.67. The van der Waals surface area contributed by atoms with Gasteiger partial charge in [0.2, 0.25) is 0 Å². The molecule has 0 fully saturated rings. The SMILES string of the molecule is Cc1nc(N2CCCc3cc(-c4cnn(C)c4)c(C(F)F)cc32)cc2c(C(=O)O)cn(COCCS(C)(C)C)c12. The highest BCUT2D eigenvalue weighted by Crippen LogP contribution is 2.42. The fourth-order valence-electron chi connectivity index (χ4n) is 5.27. The number of aryl methyl sites for hydroxylation is 3. The van der Waals surface area contributed by atoms with Crippen LogP contribution >= 0.6 is 10.0 Å². The van der Waals surface area contributed by atoms with Crippen LogP contribution in [0.25, 0.3) is 22.0 Å². The quantitative estimate of drug-likeness (QED) is 0.243. The maximum Gasteiger partial charge on any atom is 0.337 e. The lowest BCUT2D eigenvalue weighted by atomic mass is 9.93. The second-order valence-corrected chi connectivity index (χ2v) is 15.7. The zero-order valence-corrected chi connectivity index (χ0v) is 24.3. The highest BCUT2D eigenvalue weighted by molar-refractivity contribution is 8.32. The van der Waals surface area contributed by atoms with E-state index in [0.717, 1.165) is 24.2 Å². The predicted molar refractivity (Wildman–Crippen MR) is 157 cm³/mol. The summed E-state index contributed by atoms with van der Waals surface area (Å²) in [5.41, 5.74) is 4.17. The van der Waals surface area contributed by atoms with Crippen molar-refractivity contribution >= 4 is 38.4 Å². The van der Waals surface area contributed by atoms with E-state index in [1.807, 2.05) is 17.9 Å². The molecule has 4 heterocycles. The number of hydrogen-bond donors (Lipinski definition) is 1. The van der Waals surface area contributed by atoms with Crippen LogP contribution in [0.3, 0.4) is 0 Å². The first-order valence-corrected chi connectivity index (χ1v) is 16.1. The van der Waals surface area contributed by atoms with E-state index in [4.69, 9.17) is 9.72 Å². The summed E-state index contributed by atoms with van der Waals surface area (Å²) in [6, 6.07) is 5.14. The van der Waals surface area contributed by atoms with Gasteiger partial charge in [0.15, 0.2) is 0 Å². The molecule has 0 unspecified atom stereocenters. The molecule has 11 heteroatoms. The second-order valence-electron chi connectivity index (χ2n) is 11.1. The molecule has 1 aliphatic heterocycles. The van der Waals surface area contributed by atoms with Crippen LogP contribution in [0.1, 0.15) is 40.0 Å². The number of ether oxygens (including phenoxy) is 1. The van der Waals surface area contributed by atoms with E-state index in [1.165, 1.54) is 0 Å². The molecule has 0 saturated heterocycles. The molecular formula is C29H35F2N5O3S. The Balaban J connectivity index is 1.55. The number of rotatable bonds is 9. The van der Waals surface area contributed by atoms with E-state index < -0.39 is 22.4 Å². The van der Waals surface area contributed by atoms with Gasteiger partial charge in [0.1, 0.15) is 12.5 Å². The number of benzene rings is 1. The summed E-state index contributed by atoms with van der Waals surface area (Å²) in [6.45, 7) is 3.24. The summed E-state index contributed by atoms with van der Waals surface area (Å²) in [4.78, 5) is 19.0. The van der Waals surface area contributed by atoms with Crippen LogP contribution in [0.15, 0.2) is 36.8 Å². The van der Waals surface area contributed by atoms with Crippen LogP contribution in [-0.4, -0.2) is 68.1 Å². The summed E-state index contributed by atoms with van der Waals surface area (Å²) < 4.78 is 37.9. The largest absolute Gasteiger partial charge is 0.478 e.